The first kappa shape index (κ1) is 29.4. The van der Waals surface area contributed by atoms with Gasteiger partial charge < -0.3 is 24.0 Å². The summed E-state index contributed by atoms with van der Waals surface area (Å²) in [6.07, 6.45) is 6.21. The minimum Gasteiger partial charge on any atom is -0.503 e. The number of nitrogens with zero attached hydrogens (tertiary/aromatic N) is 6. The molecular weight excluding hydrogens is 951 g/mol. The molecule has 0 aliphatic carbocycles. The smallest absolute Gasteiger partial charge is 0.503 e. The first-order chi connectivity index (χ1) is 23.1. The second kappa shape index (κ2) is 14.2. The fourth-order valence-corrected chi connectivity index (χ4v) is 4.95. The molecule has 8 aromatic rings. The molecular formula is C37H20N6O2Pt2. The molecule has 0 atom stereocenters. The Morgan fingerprint density at radius 1 is 0.532 bits per heavy atom. The molecule has 0 radical (unpaired) electrons. The van der Waals surface area contributed by atoms with E-state index < -0.39 is 0 Å². The van der Waals surface area contributed by atoms with Gasteiger partial charge >= 0.3 is 42.1 Å². The first-order valence-corrected chi connectivity index (χ1v) is 13.9. The van der Waals surface area contributed by atoms with Gasteiger partial charge in [0.15, 0.2) is 0 Å². The Balaban J connectivity index is 0.00000208. The van der Waals surface area contributed by atoms with Crippen molar-refractivity contribution in [2.24, 2.45) is 0 Å². The molecule has 0 N–H and O–H groups in total. The number of aromatic nitrogens is 6. The van der Waals surface area contributed by atoms with Crippen LogP contribution in [0.25, 0.3) is 50.3 Å². The molecule has 4 heterocycles. The third-order valence-corrected chi connectivity index (χ3v) is 6.93. The Bertz CT molecular complexity index is 2250. The van der Waals surface area contributed by atoms with Crippen LogP contribution in [0, 0.1) is 24.3 Å². The number of fused-ring (bicyclic) bond motifs is 3. The van der Waals surface area contributed by atoms with Gasteiger partial charge in [0.05, 0.1) is 0 Å². The van der Waals surface area contributed by atoms with Crippen molar-refractivity contribution in [3.05, 3.63) is 146 Å². The third-order valence-electron chi connectivity index (χ3n) is 6.93. The molecule has 0 unspecified atom stereocenters. The summed E-state index contributed by atoms with van der Waals surface area (Å²) in [7, 11) is 0. The van der Waals surface area contributed by atoms with Gasteiger partial charge in [0, 0.05) is 35.4 Å². The van der Waals surface area contributed by atoms with Crippen LogP contribution in [-0.4, -0.2) is 29.5 Å². The van der Waals surface area contributed by atoms with Gasteiger partial charge in [0.1, 0.15) is 12.7 Å². The minimum atomic E-state index is 0. The number of hydrogen-bond donors (Lipinski definition) is 0. The van der Waals surface area contributed by atoms with E-state index in [0.29, 0.717) is 39.3 Å². The number of rotatable bonds is 7. The van der Waals surface area contributed by atoms with Crippen molar-refractivity contribution in [2.75, 3.05) is 0 Å². The summed E-state index contributed by atoms with van der Waals surface area (Å²) in [5.41, 5.74) is 4.05. The van der Waals surface area contributed by atoms with E-state index in [-0.39, 0.29) is 65.7 Å². The SMILES string of the molecule is [2H]c1cc2c3cc([2H])c(Oc4[c-]c(-c5ccccn5)ccc4)[c-]c3n(-c3ncncn3)c2[c-]c1Oc1[c-]c(-c2ccccn2)ccc1.[Pt+2].[Pt+2]. The second-order valence-corrected chi connectivity index (χ2v) is 9.78. The van der Waals surface area contributed by atoms with E-state index in [1.165, 1.54) is 12.7 Å². The van der Waals surface area contributed by atoms with E-state index in [4.69, 9.17) is 12.2 Å². The van der Waals surface area contributed by atoms with Crippen molar-refractivity contribution >= 4 is 21.8 Å². The van der Waals surface area contributed by atoms with Crippen LogP contribution in [0.3, 0.4) is 0 Å². The Labute approximate surface area is 301 Å². The van der Waals surface area contributed by atoms with E-state index in [1.807, 2.05) is 60.7 Å². The van der Waals surface area contributed by atoms with Crippen molar-refractivity contribution < 1.29 is 54.3 Å². The van der Waals surface area contributed by atoms with Crippen molar-refractivity contribution in [1.29, 1.82) is 0 Å². The van der Waals surface area contributed by atoms with Crippen molar-refractivity contribution in [1.82, 2.24) is 29.5 Å². The van der Waals surface area contributed by atoms with E-state index in [0.717, 1.165) is 22.5 Å². The average Bonchev–Trinajstić information content (AvgIpc) is 3.41. The normalized spacial score (nSPS) is 11.2. The van der Waals surface area contributed by atoms with Gasteiger partial charge in [0.2, 0.25) is 5.95 Å². The van der Waals surface area contributed by atoms with Gasteiger partial charge in [-0.3, -0.25) is 0 Å². The van der Waals surface area contributed by atoms with Crippen LogP contribution >= 0.6 is 0 Å². The van der Waals surface area contributed by atoms with Crippen LogP contribution in [0.15, 0.2) is 122 Å². The molecule has 8 nitrogen and oxygen atoms in total. The number of hydrogen-bond acceptors (Lipinski definition) is 7. The van der Waals surface area contributed by atoms with Crippen LogP contribution in [0.1, 0.15) is 2.74 Å². The quantitative estimate of drug-likeness (QED) is 0.150. The zero-order chi connectivity index (χ0) is 31.7. The Morgan fingerprint density at radius 3 is 1.51 bits per heavy atom. The molecule has 4 aromatic heterocycles. The molecule has 230 valence electrons. The maximum Gasteiger partial charge on any atom is 2.00 e. The topological polar surface area (TPSA) is 87.8 Å². The molecule has 10 heteroatoms. The van der Waals surface area contributed by atoms with Crippen molar-refractivity contribution in [2.45, 2.75) is 0 Å². The van der Waals surface area contributed by atoms with Gasteiger partial charge in [-0.25, -0.2) is 15.0 Å². The molecule has 0 amide bonds. The molecule has 47 heavy (non-hydrogen) atoms. The number of benzene rings is 4. The van der Waals surface area contributed by atoms with Crippen LogP contribution in [0.4, 0.5) is 0 Å². The van der Waals surface area contributed by atoms with Crippen LogP contribution in [0.5, 0.6) is 23.0 Å². The van der Waals surface area contributed by atoms with Gasteiger partial charge in [-0.1, -0.05) is 47.4 Å². The summed E-state index contributed by atoms with van der Waals surface area (Å²) in [4.78, 5) is 21.5. The summed E-state index contributed by atoms with van der Waals surface area (Å²) < 4.78 is 31.7. The Morgan fingerprint density at radius 2 is 1.04 bits per heavy atom. The molecule has 0 aliphatic heterocycles. The molecule has 4 aromatic carbocycles. The number of ether oxygens (including phenoxy) is 2. The fraction of sp³-hybridized carbons (Fsp3) is 0. The molecule has 0 bridgehead atoms. The number of pyridine rings is 2. The standard InChI is InChI=1S/C37H20N6O2.2Pt/c1-3-17-39-33(11-1)25-7-5-9-27(19-25)44-29-13-15-31-32-16-14-30(22-36(32)43(35(31)21-29)37-41-23-38-24-42-37)45-28-10-6-8-26(20-28)34-12-2-4-18-40-34;;/h1-18,23-24H;;/q-4;2*+2/i13D,14D;;. The zero-order valence-electron chi connectivity index (χ0n) is 26.0. The fourth-order valence-electron chi connectivity index (χ4n) is 4.95. The average molecular weight is 973 g/mol. The summed E-state index contributed by atoms with van der Waals surface area (Å²) in [5.74, 6) is 1.45. The van der Waals surface area contributed by atoms with Gasteiger partial charge in [-0.05, 0) is 26.3 Å². The van der Waals surface area contributed by atoms with E-state index in [9.17, 15) is 0 Å². The van der Waals surface area contributed by atoms with Crippen LogP contribution < -0.4 is 9.47 Å². The zero-order valence-corrected chi connectivity index (χ0v) is 28.6. The molecule has 0 fully saturated rings. The van der Waals surface area contributed by atoms with Gasteiger partial charge in [0.25, 0.3) is 0 Å². The van der Waals surface area contributed by atoms with Gasteiger partial charge in [-0.15, -0.1) is 71.7 Å². The van der Waals surface area contributed by atoms with E-state index >= 15 is 0 Å². The van der Waals surface area contributed by atoms with E-state index in [1.54, 1.807) is 41.2 Å². The van der Waals surface area contributed by atoms with Gasteiger partial charge in [-0.2, -0.15) is 22.9 Å². The second-order valence-electron chi connectivity index (χ2n) is 9.78. The third kappa shape index (κ3) is 6.62. The van der Waals surface area contributed by atoms with Crippen LogP contribution in [0.2, 0.25) is 0 Å². The summed E-state index contributed by atoms with van der Waals surface area (Å²) in [5, 5.41) is 1.29. The predicted octanol–water partition coefficient (Wildman–Crippen LogP) is 7.87. The summed E-state index contributed by atoms with van der Waals surface area (Å²) in [6, 6.07) is 38.8. The molecule has 0 aliphatic rings. The summed E-state index contributed by atoms with van der Waals surface area (Å²) >= 11 is 0. The molecule has 0 saturated heterocycles. The Kier molecular flexibility index (Phi) is 8.85. The Hall–Kier alpha value is -5.03. The van der Waals surface area contributed by atoms with Crippen LogP contribution in [-0.2, 0) is 42.1 Å². The minimum absolute atomic E-state index is 0. The van der Waals surface area contributed by atoms with Crippen molar-refractivity contribution in [3.63, 3.8) is 0 Å². The van der Waals surface area contributed by atoms with E-state index in [2.05, 4.69) is 49.2 Å². The monoisotopic (exact) mass is 972 g/mol. The maximum atomic E-state index is 8.82. The molecule has 8 rings (SSSR count). The summed E-state index contributed by atoms with van der Waals surface area (Å²) in [6.45, 7) is 0. The largest absolute Gasteiger partial charge is 2.00 e. The van der Waals surface area contributed by atoms with Crippen molar-refractivity contribution in [3.8, 4) is 51.5 Å². The molecule has 0 saturated carbocycles. The predicted molar refractivity (Wildman–Crippen MR) is 169 cm³/mol. The molecule has 0 spiro atoms. The first-order valence-electron chi connectivity index (χ1n) is 14.9. The maximum absolute atomic E-state index is 8.82.